The maximum absolute atomic E-state index is 13.9. The van der Waals surface area contributed by atoms with E-state index >= 15 is 0 Å². The minimum atomic E-state index is -5.27. The summed E-state index contributed by atoms with van der Waals surface area (Å²) in [5.41, 5.74) is -0.218. The second-order valence-corrected chi connectivity index (χ2v) is 24.5. The lowest BCUT2D eigenvalue weighted by Crippen LogP contribution is -2.18. The van der Waals surface area contributed by atoms with Crippen LogP contribution >= 0.6 is 0 Å². The molecule has 0 radical (unpaired) electrons. The Morgan fingerprint density at radius 2 is 0.950 bits per heavy atom. The second-order valence-electron chi connectivity index (χ2n) is 18.4. The average Bonchev–Trinajstić information content (AvgIpc) is 3.45. The molecular formula is C53H44N4O19S4. The van der Waals surface area contributed by atoms with Gasteiger partial charge in [-0.3, -0.25) is 18.5 Å². The average molecular weight is 1170 g/mol. The van der Waals surface area contributed by atoms with Crippen LogP contribution in [0.2, 0.25) is 0 Å². The van der Waals surface area contributed by atoms with Crippen LogP contribution in [0.4, 0.5) is 28.4 Å². The number of nitrogens with zero attached hydrogens (tertiary/aromatic N) is 1. The lowest BCUT2D eigenvalue weighted by atomic mass is 9.93. The van der Waals surface area contributed by atoms with Crippen molar-refractivity contribution in [3.63, 3.8) is 0 Å². The molecule has 414 valence electrons. The normalized spacial score (nSPS) is 12.4. The van der Waals surface area contributed by atoms with E-state index in [2.05, 4.69) is 19.8 Å². The minimum Gasteiger partial charge on any atom is -0.478 e. The van der Waals surface area contributed by atoms with Crippen LogP contribution in [0.15, 0.2) is 132 Å². The van der Waals surface area contributed by atoms with Crippen molar-refractivity contribution in [1.82, 2.24) is 0 Å². The Labute approximate surface area is 455 Å². The molecule has 23 nitrogen and oxygen atoms in total. The fraction of sp³-hybridized carbons (Fsp3) is 0.113. The summed E-state index contributed by atoms with van der Waals surface area (Å²) in [6.07, 6.45) is 0. The van der Waals surface area contributed by atoms with Gasteiger partial charge in [0, 0.05) is 45.6 Å². The first-order valence-electron chi connectivity index (χ1n) is 23.1. The Kier molecular flexibility index (Phi) is 14.8. The van der Waals surface area contributed by atoms with Gasteiger partial charge in [-0.05, 0) is 136 Å². The minimum absolute atomic E-state index is 0.0125. The van der Waals surface area contributed by atoms with Crippen molar-refractivity contribution in [3.05, 3.63) is 164 Å². The first-order chi connectivity index (χ1) is 37.2. The number of anilines is 4. The summed E-state index contributed by atoms with van der Waals surface area (Å²) in [5.74, 6) is -6.54. The van der Waals surface area contributed by atoms with Gasteiger partial charge in [-0.25, -0.2) is 41.0 Å². The van der Waals surface area contributed by atoms with Gasteiger partial charge in [-0.15, -0.1) is 0 Å². The number of nitrogens with one attached hydrogen (secondary N) is 3. The highest BCUT2D eigenvalue weighted by atomic mass is 32.2. The lowest BCUT2D eigenvalue weighted by molar-refractivity contribution is 0.0675. The standard InChI is InChI=1S/C53H44N4O19S4/c1-24-13-26(3)48(56-77(66,67)35-17-30(50(58)59)15-31(18-35)51(60)61)28(5)46(24)54-34-11-12-37-41(21-34)76-42-23-40(44(80(73,74)75)22-39(42)45(37)38-9-7-8-10-43(38)79(70,71)72)55-47-25(2)14-27(4)49(29(47)6)57-78(68,69)36-19-32(52(62)63)16-33(20-36)53(64)65/h7-23,54,56-57H,1-6H3,(H,58,59)(H,60,61)(H,62,63)(H,64,65)(H,70,71,72)(H,73,74,75). The summed E-state index contributed by atoms with van der Waals surface area (Å²) in [4.78, 5) is 49.1. The Balaban J connectivity index is 1.32. The highest BCUT2D eigenvalue weighted by Gasteiger charge is 2.29. The molecule has 0 amide bonds. The number of fused-ring (bicyclic) bond motifs is 2. The molecule has 8 rings (SSSR count). The molecule has 0 aromatic heterocycles. The fourth-order valence-corrected chi connectivity index (χ4v) is 13.0. The van der Waals surface area contributed by atoms with Gasteiger partial charge >= 0.3 is 23.9 Å². The van der Waals surface area contributed by atoms with E-state index in [0.717, 1.165) is 54.6 Å². The van der Waals surface area contributed by atoms with E-state index < -0.39 is 111 Å². The van der Waals surface area contributed by atoms with E-state index in [1.165, 1.54) is 56.3 Å². The first-order valence-corrected chi connectivity index (χ1v) is 28.9. The van der Waals surface area contributed by atoms with Crippen LogP contribution in [0.5, 0.6) is 0 Å². The molecule has 2 aliphatic rings. The highest BCUT2D eigenvalue weighted by molar-refractivity contribution is 7.93. The Bertz CT molecular complexity index is 4510. The van der Waals surface area contributed by atoms with Gasteiger partial charge < -0.3 is 30.2 Å². The molecule has 0 unspecified atom stereocenters. The molecule has 1 aliphatic carbocycles. The zero-order chi connectivity index (χ0) is 58.9. The van der Waals surface area contributed by atoms with Crippen molar-refractivity contribution in [3.8, 4) is 22.5 Å². The van der Waals surface area contributed by atoms with Crippen LogP contribution in [0.3, 0.4) is 0 Å². The van der Waals surface area contributed by atoms with E-state index in [-0.39, 0.29) is 61.7 Å². The molecule has 6 aromatic carbocycles. The Morgan fingerprint density at radius 3 is 1.44 bits per heavy atom. The van der Waals surface area contributed by atoms with Gasteiger partial charge in [-0.2, -0.15) is 16.8 Å². The third kappa shape index (κ3) is 11.2. The molecule has 27 heteroatoms. The molecule has 80 heavy (non-hydrogen) atoms. The molecule has 0 bridgehead atoms. The number of sulfonamides is 2. The maximum atomic E-state index is 13.9. The molecule has 0 spiro atoms. The number of aryl methyl sites for hydroxylation is 4. The molecule has 0 atom stereocenters. The van der Waals surface area contributed by atoms with Crippen LogP contribution in [0, 0.1) is 41.5 Å². The van der Waals surface area contributed by atoms with Gasteiger partial charge in [0.2, 0.25) is 0 Å². The van der Waals surface area contributed by atoms with Crippen molar-refractivity contribution in [2.75, 3.05) is 14.8 Å². The molecule has 9 N–H and O–H groups in total. The van der Waals surface area contributed by atoms with Crippen LogP contribution in [-0.2, 0) is 40.3 Å². The van der Waals surface area contributed by atoms with Crippen LogP contribution < -0.4 is 20.1 Å². The van der Waals surface area contributed by atoms with Crippen molar-refractivity contribution in [1.29, 1.82) is 0 Å². The van der Waals surface area contributed by atoms with Crippen LogP contribution in [0.1, 0.15) is 74.8 Å². The van der Waals surface area contributed by atoms with Crippen LogP contribution in [-0.4, -0.2) is 87.1 Å². The Hall–Kier alpha value is -8.99. The zero-order valence-corrected chi connectivity index (χ0v) is 45.7. The van der Waals surface area contributed by atoms with Crippen LogP contribution in [0.25, 0.3) is 33.4 Å². The number of aromatic carboxylic acids is 4. The summed E-state index contributed by atoms with van der Waals surface area (Å²) in [5, 5.41) is 41.3. The topological polar surface area (TPSA) is 388 Å². The number of carboxylic acid groups (broad SMARTS) is 4. The van der Waals surface area contributed by atoms with E-state index in [9.17, 15) is 82.4 Å². The zero-order valence-electron chi connectivity index (χ0n) is 42.4. The van der Waals surface area contributed by atoms with Gasteiger partial charge in [-0.1, -0.05) is 30.3 Å². The quantitative estimate of drug-likeness (QED) is 0.0322. The molecule has 1 heterocycles. The Morgan fingerprint density at radius 1 is 0.487 bits per heavy atom. The van der Waals surface area contributed by atoms with Gasteiger partial charge in [0.15, 0.2) is 0 Å². The van der Waals surface area contributed by atoms with Gasteiger partial charge in [0.1, 0.15) is 21.1 Å². The van der Waals surface area contributed by atoms with E-state index in [1.807, 2.05) is 0 Å². The number of carbonyl (C=O) groups is 4. The SMILES string of the molecule is Cc1cc(C)c(NS(=O)(=O)c2cc(C(=O)O)cc(C(=O)O)c2)c(C)c1N=c1cc2oc3cc(Nc4c(C)cc(C)c(NS(=O)(=O)c5cc(C(=O)O)cc(C(=O)O)c5)c4C)ccc3c(-c3ccccc3S(=O)(=O)O)c-2cc1S(=O)(=O)O. The second kappa shape index (κ2) is 20.7. The van der Waals surface area contributed by atoms with E-state index in [0.29, 0.717) is 33.5 Å². The number of hydrogen-bond acceptors (Lipinski definition) is 15. The van der Waals surface area contributed by atoms with Crippen molar-refractivity contribution in [2.24, 2.45) is 4.99 Å². The van der Waals surface area contributed by atoms with E-state index in [4.69, 9.17) is 4.42 Å². The molecule has 0 saturated heterocycles. The predicted octanol–water partition coefficient (Wildman–Crippen LogP) is 8.92. The van der Waals surface area contributed by atoms with Crippen molar-refractivity contribution >= 4 is 104 Å². The fourth-order valence-electron chi connectivity index (χ4n) is 9.16. The summed E-state index contributed by atoms with van der Waals surface area (Å²) in [7, 11) is -19.7. The summed E-state index contributed by atoms with van der Waals surface area (Å²) in [6, 6.07) is 19.6. The number of carboxylic acids is 4. The molecule has 0 fully saturated rings. The maximum Gasteiger partial charge on any atom is 0.335 e. The summed E-state index contributed by atoms with van der Waals surface area (Å²) < 4.78 is 141. The van der Waals surface area contributed by atoms with E-state index in [1.54, 1.807) is 33.8 Å². The number of rotatable bonds is 16. The van der Waals surface area contributed by atoms with Gasteiger partial charge in [0.25, 0.3) is 40.3 Å². The summed E-state index contributed by atoms with van der Waals surface area (Å²) >= 11 is 0. The third-order valence-electron chi connectivity index (χ3n) is 12.8. The van der Waals surface area contributed by atoms with Crippen molar-refractivity contribution < 1.29 is 86.8 Å². The monoisotopic (exact) mass is 1170 g/mol. The third-order valence-corrected chi connectivity index (χ3v) is 17.3. The first kappa shape index (κ1) is 57.2. The van der Waals surface area contributed by atoms with Gasteiger partial charge in [0.05, 0.1) is 54.5 Å². The number of hydrogen-bond donors (Lipinski definition) is 9. The smallest absolute Gasteiger partial charge is 0.335 e. The number of benzene rings is 7. The lowest BCUT2D eigenvalue weighted by Gasteiger charge is -2.21. The van der Waals surface area contributed by atoms with Crippen molar-refractivity contribution in [2.45, 2.75) is 61.1 Å². The summed E-state index contributed by atoms with van der Waals surface area (Å²) in [6.45, 7) is 9.39. The predicted molar refractivity (Wildman–Crippen MR) is 290 cm³/mol. The highest BCUT2D eigenvalue weighted by Crippen LogP contribution is 2.45. The molecular weight excluding hydrogens is 1120 g/mol. The molecule has 0 saturated carbocycles. The largest absolute Gasteiger partial charge is 0.478 e. The molecule has 6 aromatic rings. The molecule has 1 aliphatic heterocycles.